The first-order valence-corrected chi connectivity index (χ1v) is 10.2. The molecule has 0 aromatic heterocycles. The second-order valence-corrected chi connectivity index (χ2v) is 6.43. The van der Waals surface area contributed by atoms with E-state index in [2.05, 4.69) is 0 Å². The van der Waals surface area contributed by atoms with Crippen LogP contribution in [-0.2, 0) is 4.79 Å². The zero-order valence-electron chi connectivity index (χ0n) is 19.6. The molecule has 0 amide bonds. The number of rotatable bonds is 13. The fourth-order valence-corrected chi connectivity index (χ4v) is 0.849. The highest BCUT2D eigenvalue weighted by molar-refractivity contribution is 5.56. The summed E-state index contributed by atoms with van der Waals surface area (Å²) in [5, 5.41) is 140. The molecule has 224 valence electrons. The van der Waals surface area contributed by atoms with Crippen molar-refractivity contribution in [3.05, 3.63) is 0 Å². The zero-order valence-corrected chi connectivity index (χ0v) is 19.6. The highest BCUT2D eigenvalue weighted by Gasteiger charge is 2.29. The van der Waals surface area contributed by atoms with Crippen LogP contribution in [0.1, 0.15) is 0 Å². The van der Waals surface area contributed by atoms with E-state index in [-0.39, 0.29) is 59.1 Å². The summed E-state index contributed by atoms with van der Waals surface area (Å²) in [6.45, 7) is -3.68. The third-order valence-corrected chi connectivity index (χ3v) is 3.11. The first-order chi connectivity index (χ1) is 16.8. The minimum atomic E-state index is -1.79. The minimum Gasteiger partial charge on any atom is -0.394 e. The van der Waals surface area contributed by atoms with Gasteiger partial charge in [0, 0.05) is 0 Å². The van der Waals surface area contributed by atoms with Gasteiger partial charge in [0.25, 0.3) is 0 Å². The number of aliphatic hydroxyl groups is 17. The van der Waals surface area contributed by atoms with Crippen LogP contribution >= 0.6 is 0 Å². The van der Waals surface area contributed by atoms with E-state index >= 15 is 0 Å². The molecule has 0 aliphatic carbocycles. The van der Waals surface area contributed by atoms with Gasteiger partial charge < -0.3 is 91.6 Å². The molecule has 0 aliphatic rings. The molecule has 4 atom stereocenters. The summed E-state index contributed by atoms with van der Waals surface area (Å²) in [5.74, 6) is 0. The number of aliphatic hydroxyl groups excluding tert-OH is 17. The predicted molar refractivity (Wildman–Crippen MR) is 118 cm³/mol. The average molecular weight is 549 g/mol. The summed E-state index contributed by atoms with van der Waals surface area (Å²) >= 11 is 0. The highest BCUT2D eigenvalue weighted by Crippen LogP contribution is 2.02. The van der Waals surface area contributed by atoms with E-state index in [1.807, 2.05) is 0 Å². The molecule has 0 unspecified atom stereocenters. The van der Waals surface area contributed by atoms with Gasteiger partial charge >= 0.3 is 0 Å². The standard InChI is InChI=1S/C6H12O6.4C3H8O3/c7-1-3(9)5(11)6(12)4(10)2-8;4*4-1-3(6)2-5/h1,3-6,8-12H,2H2;4*3-6H,1-2H2/t3-,4+,5+,6+;;;;/m0..../s1. The molecule has 0 saturated carbocycles. The molecule has 36 heavy (non-hydrogen) atoms. The summed E-state index contributed by atoms with van der Waals surface area (Å²) in [6, 6.07) is 0. The van der Waals surface area contributed by atoms with Gasteiger partial charge in [0.15, 0.2) is 6.29 Å². The van der Waals surface area contributed by atoms with Gasteiger partial charge in [0.1, 0.15) is 48.8 Å². The fourth-order valence-electron chi connectivity index (χ4n) is 0.849. The molecular weight excluding hydrogens is 504 g/mol. The smallest absolute Gasteiger partial charge is 0.151 e. The molecule has 17 N–H and O–H groups in total. The van der Waals surface area contributed by atoms with Crippen LogP contribution in [0, 0.1) is 0 Å². The highest BCUT2D eigenvalue weighted by atomic mass is 16.4. The van der Waals surface area contributed by atoms with Crippen LogP contribution in [0.4, 0.5) is 0 Å². The Kier molecular flexibility index (Phi) is 42.4. The second-order valence-electron chi connectivity index (χ2n) is 6.43. The molecule has 0 aliphatic heterocycles. The number of hydrogen-bond acceptors (Lipinski definition) is 18. The Balaban J connectivity index is -0.000000116. The molecule has 0 bridgehead atoms. The summed E-state index contributed by atoms with van der Waals surface area (Å²) in [7, 11) is 0. The van der Waals surface area contributed by atoms with Gasteiger partial charge in [-0.2, -0.15) is 0 Å². The predicted octanol–water partition coefficient (Wildman–Crippen LogP) is -10.1. The molecule has 0 aromatic carbocycles. The largest absolute Gasteiger partial charge is 0.394 e. The van der Waals surface area contributed by atoms with Gasteiger partial charge in [-0.25, -0.2) is 0 Å². The van der Waals surface area contributed by atoms with Crippen LogP contribution in [0.25, 0.3) is 0 Å². The molecule has 0 radical (unpaired) electrons. The molecule has 0 spiro atoms. The molecule has 0 fully saturated rings. The Hall–Kier alpha value is -1.01. The third-order valence-electron chi connectivity index (χ3n) is 3.11. The maximum Gasteiger partial charge on any atom is 0.151 e. The van der Waals surface area contributed by atoms with Gasteiger partial charge in [-0.05, 0) is 0 Å². The van der Waals surface area contributed by atoms with Crippen molar-refractivity contribution in [2.45, 2.75) is 48.8 Å². The number of aldehydes is 1. The summed E-state index contributed by atoms with van der Waals surface area (Å²) in [6.07, 6.45) is -10.7. The van der Waals surface area contributed by atoms with Crippen LogP contribution in [0.15, 0.2) is 0 Å². The Morgan fingerprint density at radius 1 is 0.389 bits per heavy atom. The van der Waals surface area contributed by atoms with Crippen molar-refractivity contribution in [1.29, 1.82) is 0 Å². The molecule has 18 nitrogen and oxygen atoms in total. The fraction of sp³-hybridized carbons (Fsp3) is 0.944. The number of carbonyl (C=O) groups is 1. The molecule has 18 heteroatoms. The van der Waals surface area contributed by atoms with E-state index in [1.165, 1.54) is 0 Å². The first kappa shape index (κ1) is 44.9. The number of hydrogen-bond donors (Lipinski definition) is 17. The zero-order chi connectivity index (χ0) is 29.7. The second kappa shape index (κ2) is 34.0. The lowest BCUT2D eigenvalue weighted by atomic mass is 10.0. The molecule has 0 rings (SSSR count). The number of carbonyl (C=O) groups excluding carboxylic acids is 1. The van der Waals surface area contributed by atoms with E-state index in [1.54, 1.807) is 0 Å². The van der Waals surface area contributed by atoms with E-state index in [0.29, 0.717) is 0 Å². The SMILES string of the molecule is O=C[C@H](O)[C@@H](O)[C@H](O)[C@H](O)CO.OCC(O)CO.OCC(O)CO.OCC(O)CO.OCC(O)CO. The third kappa shape index (κ3) is 35.2. The van der Waals surface area contributed by atoms with Crippen molar-refractivity contribution in [2.75, 3.05) is 59.5 Å². The minimum absolute atomic E-state index is 0.0258. The van der Waals surface area contributed by atoms with Crippen molar-refractivity contribution < 1.29 is 91.6 Å². The lowest BCUT2D eigenvalue weighted by Gasteiger charge is -2.22. The quantitative estimate of drug-likeness (QED) is 0.0949. The summed E-state index contributed by atoms with van der Waals surface area (Å²) in [4.78, 5) is 9.90. The molecular formula is C18H44O18. The van der Waals surface area contributed by atoms with E-state index in [9.17, 15) is 4.79 Å². The molecule has 0 aromatic rings. The summed E-state index contributed by atoms with van der Waals surface area (Å²) < 4.78 is 0. The molecule has 0 heterocycles. The van der Waals surface area contributed by atoms with Gasteiger partial charge in [-0.3, -0.25) is 0 Å². The Bertz CT molecular complexity index is 350. The van der Waals surface area contributed by atoms with Gasteiger partial charge in [-0.1, -0.05) is 0 Å². The van der Waals surface area contributed by atoms with Crippen molar-refractivity contribution in [3.63, 3.8) is 0 Å². The van der Waals surface area contributed by atoms with Crippen LogP contribution < -0.4 is 0 Å². The van der Waals surface area contributed by atoms with Gasteiger partial charge in [-0.15, -0.1) is 0 Å². The lowest BCUT2D eigenvalue weighted by molar-refractivity contribution is -0.136. The Morgan fingerprint density at radius 3 is 0.722 bits per heavy atom. The monoisotopic (exact) mass is 548 g/mol. The normalized spacial score (nSPS) is 13.7. The van der Waals surface area contributed by atoms with Crippen molar-refractivity contribution in [3.8, 4) is 0 Å². The van der Waals surface area contributed by atoms with Crippen LogP contribution in [-0.4, -0.2) is 201 Å². The first-order valence-electron chi connectivity index (χ1n) is 10.2. The molecule has 0 saturated heterocycles. The Labute approximate surface area is 207 Å². The maximum absolute atomic E-state index is 9.90. The average Bonchev–Trinajstić information content (AvgIpc) is 2.94. The van der Waals surface area contributed by atoms with E-state index in [0.717, 1.165) is 0 Å². The van der Waals surface area contributed by atoms with Crippen LogP contribution in [0.2, 0.25) is 0 Å². The van der Waals surface area contributed by atoms with Crippen molar-refractivity contribution in [2.24, 2.45) is 0 Å². The van der Waals surface area contributed by atoms with Gasteiger partial charge in [0.2, 0.25) is 0 Å². The summed E-state index contributed by atoms with van der Waals surface area (Å²) in [5.41, 5.74) is 0. The lowest BCUT2D eigenvalue weighted by Crippen LogP contribution is -2.46. The topological polar surface area (TPSA) is 361 Å². The van der Waals surface area contributed by atoms with Crippen LogP contribution in [0.3, 0.4) is 0 Å². The van der Waals surface area contributed by atoms with Crippen molar-refractivity contribution in [1.82, 2.24) is 0 Å². The van der Waals surface area contributed by atoms with E-state index in [4.69, 9.17) is 86.8 Å². The van der Waals surface area contributed by atoms with Gasteiger partial charge in [0.05, 0.1) is 59.5 Å². The van der Waals surface area contributed by atoms with E-state index < -0.39 is 55.4 Å². The van der Waals surface area contributed by atoms with Crippen molar-refractivity contribution >= 4 is 6.29 Å². The maximum atomic E-state index is 9.90. The Morgan fingerprint density at radius 2 is 0.611 bits per heavy atom. The van der Waals surface area contributed by atoms with Crippen LogP contribution in [0.5, 0.6) is 0 Å².